The van der Waals surface area contributed by atoms with Crippen LogP contribution in [0.25, 0.3) is 10.4 Å². The van der Waals surface area contributed by atoms with Crippen molar-refractivity contribution >= 4 is 5.97 Å². The molecule has 0 amide bonds. The topological polar surface area (TPSA) is 87.1 Å². The van der Waals surface area contributed by atoms with Gasteiger partial charge in [-0.15, -0.1) is 0 Å². The molecule has 15 heavy (non-hydrogen) atoms. The minimum absolute atomic E-state index is 0.293. The second-order valence-corrected chi connectivity index (χ2v) is 3.09. The lowest BCUT2D eigenvalue weighted by Gasteiger charge is -2.18. The normalized spacial score (nSPS) is 17.3. The van der Waals surface area contributed by atoms with Gasteiger partial charge in [-0.1, -0.05) is 16.8 Å². The fourth-order valence-corrected chi connectivity index (χ4v) is 1.43. The van der Waals surface area contributed by atoms with Crippen molar-refractivity contribution in [2.24, 2.45) is 5.11 Å². The van der Waals surface area contributed by atoms with Gasteiger partial charge in [0.1, 0.15) is 0 Å². The number of hydrogen-bond donors (Lipinski definition) is 1. The molecule has 0 aliphatic carbocycles. The van der Waals surface area contributed by atoms with Crippen LogP contribution >= 0.6 is 0 Å². The predicted octanol–water partition coefficient (Wildman–Crippen LogP) is 1.15. The van der Waals surface area contributed by atoms with Crippen molar-refractivity contribution < 1.29 is 9.53 Å². The minimum atomic E-state index is -0.794. The molecule has 0 aromatic carbocycles. The van der Waals surface area contributed by atoms with E-state index in [1.54, 1.807) is 6.92 Å². The standard InChI is InChI=1S/C9H14N4O2/c1-2-15-9(14)8(12-13-10)7-3-5-11-6-4-7/h3,8,11H,2,4-6H2,1H3. The van der Waals surface area contributed by atoms with Crippen molar-refractivity contribution in [3.63, 3.8) is 0 Å². The summed E-state index contributed by atoms with van der Waals surface area (Å²) < 4.78 is 4.84. The summed E-state index contributed by atoms with van der Waals surface area (Å²) >= 11 is 0. The Kier molecular flexibility index (Phi) is 4.66. The fraction of sp³-hybridized carbons (Fsp3) is 0.667. The van der Waals surface area contributed by atoms with Crippen LogP contribution in [0, 0.1) is 0 Å². The zero-order valence-corrected chi connectivity index (χ0v) is 8.64. The van der Waals surface area contributed by atoms with Crippen LogP contribution in [0.2, 0.25) is 0 Å². The Hall–Kier alpha value is -1.52. The molecule has 0 saturated carbocycles. The van der Waals surface area contributed by atoms with Crippen LogP contribution in [0.5, 0.6) is 0 Å². The van der Waals surface area contributed by atoms with Crippen LogP contribution in [0.4, 0.5) is 0 Å². The van der Waals surface area contributed by atoms with Gasteiger partial charge in [-0.05, 0) is 25.4 Å². The zero-order valence-electron chi connectivity index (χ0n) is 8.64. The number of hydrogen-bond acceptors (Lipinski definition) is 4. The van der Waals surface area contributed by atoms with Crippen LogP contribution in [-0.4, -0.2) is 31.7 Å². The lowest BCUT2D eigenvalue weighted by Crippen LogP contribution is -2.29. The first kappa shape index (κ1) is 11.6. The molecule has 0 aromatic rings. The lowest BCUT2D eigenvalue weighted by atomic mass is 10.0. The third-order valence-electron chi connectivity index (χ3n) is 2.13. The first-order valence-corrected chi connectivity index (χ1v) is 4.90. The molecule has 0 aromatic heterocycles. The van der Waals surface area contributed by atoms with Crippen molar-refractivity contribution in [2.45, 2.75) is 19.4 Å². The molecule has 0 radical (unpaired) electrons. The van der Waals surface area contributed by atoms with Crippen molar-refractivity contribution in [3.8, 4) is 0 Å². The number of carbonyl (C=O) groups excluding carboxylic acids is 1. The SMILES string of the molecule is CCOC(=O)C(N=[N+]=[N-])C1=CCNCC1. The Morgan fingerprint density at radius 3 is 3.20 bits per heavy atom. The van der Waals surface area contributed by atoms with Crippen molar-refractivity contribution in [2.75, 3.05) is 19.7 Å². The molecule has 1 N–H and O–H groups in total. The number of rotatable bonds is 4. The summed E-state index contributed by atoms with van der Waals surface area (Å²) in [5, 5.41) is 6.60. The van der Waals surface area contributed by atoms with Gasteiger partial charge in [0, 0.05) is 11.5 Å². The third kappa shape index (κ3) is 3.27. The second-order valence-electron chi connectivity index (χ2n) is 3.09. The van der Waals surface area contributed by atoms with Gasteiger partial charge >= 0.3 is 5.97 Å². The van der Waals surface area contributed by atoms with Gasteiger partial charge in [-0.2, -0.15) is 0 Å². The average molecular weight is 210 g/mol. The molecule has 1 heterocycles. The molecule has 1 aliphatic rings. The van der Waals surface area contributed by atoms with Crippen LogP contribution in [0.3, 0.4) is 0 Å². The molecule has 1 aliphatic heterocycles. The number of esters is 1. The molecule has 0 fully saturated rings. The molecule has 1 rings (SSSR count). The Balaban J connectivity index is 2.76. The van der Waals surface area contributed by atoms with Gasteiger partial charge in [0.2, 0.25) is 0 Å². The van der Waals surface area contributed by atoms with Crippen molar-refractivity contribution in [1.29, 1.82) is 0 Å². The molecule has 1 unspecified atom stereocenters. The molecular weight excluding hydrogens is 196 g/mol. The van der Waals surface area contributed by atoms with E-state index in [-0.39, 0.29) is 0 Å². The number of nitrogens with zero attached hydrogens (tertiary/aromatic N) is 3. The Labute approximate surface area is 87.9 Å². The van der Waals surface area contributed by atoms with Crippen LogP contribution in [0.1, 0.15) is 13.3 Å². The molecule has 6 heteroatoms. The van der Waals surface area contributed by atoms with Gasteiger partial charge in [-0.3, -0.25) is 4.79 Å². The summed E-state index contributed by atoms with van der Waals surface area (Å²) in [6.07, 6.45) is 2.59. The molecular formula is C9H14N4O2. The minimum Gasteiger partial charge on any atom is -0.465 e. The maximum atomic E-state index is 11.5. The van der Waals surface area contributed by atoms with E-state index in [4.69, 9.17) is 10.3 Å². The molecule has 6 nitrogen and oxygen atoms in total. The smallest absolute Gasteiger partial charge is 0.319 e. The lowest BCUT2D eigenvalue weighted by molar-refractivity contribution is -0.143. The molecule has 0 saturated heterocycles. The molecule has 0 bridgehead atoms. The quantitative estimate of drug-likeness (QED) is 0.248. The largest absolute Gasteiger partial charge is 0.465 e. The Morgan fingerprint density at radius 2 is 2.67 bits per heavy atom. The monoisotopic (exact) mass is 210 g/mol. The summed E-state index contributed by atoms with van der Waals surface area (Å²) in [7, 11) is 0. The van der Waals surface area contributed by atoms with Gasteiger partial charge in [-0.25, -0.2) is 0 Å². The number of carbonyl (C=O) groups is 1. The van der Waals surface area contributed by atoms with Gasteiger partial charge < -0.3 is 10.1 Å². The van der Waals surface area contributed by atoms with Crippen LogP contribution in [0.15, 0.2) is 16.8 Å². The van der Waals surface area contributed by atoms with Crippen LogP contribution < -0.4 is 5.32 Å². The van der Waals surface area contributed by atoms with E-state index in [2.05, 4.69) is 15.3 Å². The van der Waals surface area contributed by atoms with Gasteiger partial charge in [0.05, 0.1) is 6.61 Å². The van der Waals surface area contributed by atoms with E-state index in [9.17, 15) is 4.79 Å². The molecule has 0 spiro atoms. The number of ether oxygens (including phenoxy) is 1. The fourth-order valence-electron chi connectivity index (χ4n) is 1.43. The van der Waals surface area contributed by atoms with E-state index in [0.29, 0.717) is 19.6 Å². The summed E-state index contributed by atoms with van der Waals surface area (Å²) in [5.74, 6) is -0.469. The predicted molar refractivity (Wildman–Crippen MR) is 55.1 cm³/mol. The molecule has 82 valence electrons. The first-order valence-electron chi connectivity index (χ1n) is 4.90. The van der Waals surface area contributed by atoms with Gasteiger partial charge in [0.25, 0.3) is 0 Å². The van der Waals surface area contributed by atoms with E-state index in [0.717, 1.165) is 12.1 Å². The maximum absolute atomic E-state index is 11.5. The molecule has 1 atom stereocenters. The average Bonchev–Trinajstić information content (AvgIpc) is 2.27. The highest BCUT2D eigenvalue weighted by molar-refractivity contribution is 5.79. The summed E-state index contributed by atoms with van der Waals surface area (Å²) in [6.45, 7) is 3.51. The zero-order chi connectivity index (χ0) is 11.1. The van der Waals surface area contributed by atoms with Crippen molar-refractivity contribution in [3.05, 3.63) is 22.1 Å². The summed E-state index contributed by atoms with van der Waals surface area (Å²) in [6, 6.07) is -0.794. The van der Waals surface area contributed by atoms with Crippen molar-refractivity contribution in [1.82, 2.24) is 5.32 Å². The second kappa shape index (κ2) is 6.06. The summed E-state index contributed by atoms with van der Waals surface area (Å²) in [5.41, 5.74) is 9.23. The van der Waals surface area contributed by atoms with E-state index in [1.807, 2.05) is 6.08 Å². The number of azide groups is 1. The first-order chi connectivity index (χ1) is 7.29. The van der Waals surface area contributed by atoms with E-state index < -0.39 is 12.0 Å². The van der Waals surface area contributed by atoms with E-state index in [1.165, 1.54) is 0 Å². The van der Waals surface area contributed by atoms with Gasteiger partial charge in [0.15, 0.2) is 6.04 Å². The maximum Gasteiger partial charge on any atom is 0.319 e. The Morgan fingerprint density at radius 1 is 1.87 bits per heavy atom. The number of nitrogens with one attached hydrogen (secondary N) is 1. The highest BCUT2D eigenvalue weighted by Gasteiger charge is 2.23. The highest BCUT2D eigenvalue weighted by atomic mass is 16.5. The highest BCUT2D eigenvalue weighted by Crippen LogP contribution is 2.15. The van der Waals surface area contributed by atoms with E-state index >= 15 is 0 Å². The summed E-state index contributed by atoms with van der Waals surface area (Å²) in [4.78, 5) is 14.2. The Bertz CT molecular complexity index is 307. The van der Waals surface area contributed by atoms with Crippen LogP contribution in [-0.2, 0) is 9.53 Å². The third-order valence-corrected chi connectivity index (χ3v) is 2.13.